The summed E-state index contributed by atoms with van der Waals surface area (Å²) in [4.78, 5) is 23.2. The number of hydrogen-bond donors (Lipinski definition) is 1. The molecule has 0 bridgehead atoms. The molecule has 1 aromatic carbocycles. The second kappa shape index (κ2) is 6.33. The molecule has 0 radical (unpaired) electrons. The molecule has 0 aromatic heterocycles. The summed E-state index contributed by atoms with van der Waals surface area (Å²) in [5.41, 5.74) is 0.701. The molecule has 2 rings (SSSR count). The van der Waals surface area contributed by atoms with Crippen LogP contribution in [0, 0.1) is 11.8 Å². The molecule has 0 saturated heterocycles. The Labute approximate surface area is 121 Å². The van der Waals surface area contributed by atoms with Gasteiger partial charge in [0.1, 0.15) is 0 Å². The zero-order chi connectivity index (χ0) is 13.8. The van der Waals surface area contributed by atoms with E-state index >= 15 is 0 Å². The van der Waals surface area contributed by atoms with Gasteiger partial charge in [-0.15, -0.1) is 0 Å². The maximum absolute atomic E-state index is 12.2. The van der Waals surface area contributed by atoms with Gasteiger partial charge in [-0.25, -0.2) is 0 Å². The highest BCUT2D eigenvalue weighted by Crippen LogP contribution is 2.32. The third-order valence-electron chi connectivity index (χ3n) is 3.75. The van der Waals surface area contributed by atoms with E-state index in [9.17, 15) is 9.59 Å². The van der Waals surface area contributed by atoms with E-state index in [1.165, 1.54) is 0 Å². The van der Waals surface area contributed by atoms with Crippen LogP contribution in [0.15, 0.2) is 28.7 Å². The van der Waals surface area contributed by atoms with Crippen LogP contribution >= 0.6 is 15.9 Å². The Hall–Kier alpha value is -1.16. The molecule has 3 nitrogen and oxygen atoms in total. The average molecular weight is 325 g/mol. The first-order valence-corrected chi connectivity index (χ1v) is 7.37. The van der Waals surface area contributed by atoms with Crippen LogP contribution in [0.5, 0.6) is 0 Å². The van der Waals surface area contributed by atoms with Gasteiger partial charge in [-0.1, -0.05) is 34.5 Å². The van der Waals surface area contributed by atoms with Crippen molar-refractivity contribution in [1.82, 2.24) is 0 Å². The molecular weight excluding hydrogens is 308 g/mol. The SMILES string of the molecule is O=C(CC1CCCC(C(=O)O)C1)c1cccc(Br)c1. The van der Waals surface area contributed by atoms with Gasteiger partial charge in [-0.3, -0.25) is 9.59 Å². The van der Waals surface area contributed by atoms with Crippen LogP contribution in [-0.4, -0.2) is 16.9 Å². The van der Waals surface area contributed by atoms with Gasteiger partial charge >= 0.3 is 5.97 Å². The van der Waals surface area contributed by atoms with Gasteiger partial charge in [-0.05, 0) is 37.3 Å². The van der Waals surface area contributed by atoms with E-state index in [0.717, 1.165) is 23.7 Å². The van der Waals surface area contributed by atoms with Crippen LogP contribution in [-0.2, 0) is 4.79 Å². The molecule has 2 atom stereocenters. The van der Waals surface area contributed by atoms with Gasteiger partial charge in [0.05, 0.1) is 5.92 Å². The Morgan fingerprint density at radius 2 is 2.11 bits per heavy atom. The minimum absolute atomic E-state index is 0.109. The minimum Gasteiger partial charge on any atom is -0.481 e. The molecule has 0 spiro atoms. The standard InChI is InChI=1S/C15H17BrO3/c16-13-6-2-4-11(9-13)14(17)8-10-3-1-5-12(7-10)15(18)19/h2,4,6,9-10,12H,1,3,5,7-8H2,(H,18,19). The summed E-state index contributed by atoms with van der Waals surface area (Å²) in [5, 5.41) is 9.05. The van der Waals surface area contributed by atoms with Gasteiger partial charge in [0.15, 0.2) is 5.78 Å². The molecule has 1 N–H and O–H groups in total. The van der Waals surface area contributed by atoms with Crippen molar-refractivity contribution in [3.63, 3.8) is 0 Å². The normalized spacial score (nSPS) is 23.0. The fourth-order valence-corrected chi connectivity index (χ4v) is 3.14. The molecule has 1 aromatic rings. The van der Waals surface area contributed by atoms with E-state index in [1.54, 1.807) is 0 Å². The summed E-state index contributed by atoms with van der Waals surface area (Å²) >= 11 is 3.35. The number of halogens is 1. The van der Waals surface area contributed by atoms with E-state index in [2.05, 4.69) is 15.9 Å². The van der Waals surface area contributed by atoms with E-state index in [4.69, 9.17) is 5.11 Å². The van der Waals surface area contributed by atoms with Crippen molar-refractivity contribution in [1.29, 1.82) is 0 Å². The zero-order valence-corrected chi connectivity index (χ0v) is 12.2. The fourth-order valence-electron chi connectivity index (χ4n) is 2.74. The maximum Gasteiger partial charge on any atom is 0.306 e. The highest BCUT2D eigenvalue weighted by atomic mass is 79.9. The van der Waals surface area contributed by atoms with Gasteiger partial charge in [-0.2, -0.15) is 0 Å². The van der Waals surface area contributed by atoms with Crippen molar-refractivity contribution >= 4 is 27.7 Å². The van der Waals surface area contributed by atoms with Crippen molar-refractivity contribution < 1.29 is 14.7 Å². The average Bonchev–Trinajstić information content (AvgIpc) is 2.39. The molecule has 1 aliphatic carbocycles. The van der Waals surface area contributed by atoms with E-state index in [0.29, 0.717) is 18.4 Å². The van der Waals surface area contributed by atoms with Crippen molar-refractivity contribution in [3.8, 4) is 0 Å². The maximum atomic E-state index is 12.2. The Morgan fingerprint density at radius 3 is 2.79 bits per heavy atom. The summed E-state index contributed by atoms with van der Waals surface area (Å²) < 4.78 is 0.894. The third kappa shape index (κ3) is 3.90. The van der Waals surface area contributed by atoms with Crippen LogP contribution in [0.3, 0.4) is 0 Å². The number of aliphatic carboxylic acids is 1. The lowest BCUT2D eigenvalue weighted by atomic mass is 9.78. The predicted molar refractivity (Wildman–Crippen MR) is 76.2 cm³/mol. The highest BCUT2D eigenvalue weighted by Gasteiger charge is 2.28. The van der Waals surface area contributed by atoms with Crippen LogP contribution in [0.25, 0.3) is 0 Å². The van der Waals surface area contributed by atoms with Gasteiger partial charge in [0, 0.05) is 16.5 Å². The first-order chi connectivity index (χ1) is 9.06. The molecule has 0 amide bonds. The molecule has 1 aliphatic rings. The summed E-state index contributed by atoms with van der Waals surface area (Å²) in [6.07, 6.45) is 3.71. The second-order valence-corrected chi connectivity index (χ2v) is 6.12. The number of rotatable bonds is 4. The molecule has 1 fully saturated rings. The fraction of sp³-hybridized carbons (Fsp3) is 0.467. The number of carboxylic acid groups (broad SMARTS) is 1. The minimum atomic E-state index is -0.723. The molecule has 0 heterocycles. The van der Waals surface area contributed by atoms with E-state index in [1.807, 2.05) is 24.3 Å². The largest absolute Gasteiger partial charge is 0.481 e. The molecule has 4 heteroatoms. The van der Waals surface area contributed by atoms with Crippen LogP contribution < -0.4 is 0 Å². The van der Waals surface area contributed by atoms with E-state index < -0.39 is 5.97 Å². The van der Waals surface area contributed by atoms with Crippen molar-refractivity contribution in [2.24, 2.45) is 11.8 Å². The monoisotopic (exact) mass is 324 g/mol. The second-order valence-electron chi connectivity index (χ2n) is 5.21. The van der Waals surface area contributed by atoms with Crippen LogP contribution in [0.2, 0.25) is 0 Å². The van der Waals surface area contributed by atoms with E-state index in [-0.39, 0.29) is 17.6 Å². The number of ketones is 1. The first kappa shape index (κ1) is 14.3. The first-order valence-electron chi connectivity index (χ1n) is 6.58. The molecule has 2 unspecified atom stereocenters. The lowest BCUT2D eigenvalue weighted by molar-refractivity contribution is -0.143. The Balaban J connectivity index is 1.97. The lowest BCUT2D eigenvalue weighted by Gasteiger charge is -2.26. The molecule has 102 valence electrons. The van der Waals surface area contributed by atoms with Crippen LogP contribution in [0.4, 0.5) is 0 Å². The Kier molecular flexibility index (Phi) is 4.75. The van der Waals surface area contributed by atoms with Crippen molar-refractivity contribution in [2.75, 3.05) is 0 Å². The summed E-state index contributed by atoms with van der Waals surface area (Å²) in [5.74, 6) is -0.674. The smallest absolute Gasteiger partial charge is 0.306 e. The predicted octanol–water partition coefficient (Wildman–Crippen LogP) is 3.91. The number of carbonyl (C=O) groups is 2. The molecule has 0 aliphatic heterocycles. The topological polar surface area (TPSA) is 54.4 Å². The number of hydrogen-bond acceptors (Lipinski definition) is 2. The molecule has 1 saturated carbocycles. The molecular formula is C15H17BrO3. The summed E-state index contributed by atoms with van der Waals surface area (Å²) in [7, 11) is 0. The van der Waals surface area contributed by atoms with Crippen molar-refractivity contribution in [3.05, 3.63) is 34.3 Å². The van der Waals surface area contributed by atoms with Gasteiger partial charge in [0.25, 0.3) is 0 Å². The molecule has 19 heavy (non-hydrogen) atoms. The quantitative estimate of drug-likeness (QED) is 0.854. The Morgan fingerprint density at radius 1 is 1.32 bits per heavy atom. The number of carboxylic acids is 1. The highest BCUT2D eigenvalue weighted by molar-refractivity contribution is 9.10. The van der Waals surface area contributed by atoms with Crippen LogP contribution in [0.1, 0.15) is 42.5 Å². The van der Waals surface area contributed by atoms with Gasteiger partial charge in [0.2, 0.25) is 0 Å². The van der Waals surface area contributed by atoms with Crippen molar-refractivity contribution in [2.45, 2.75) is 32.1 Å². The zero-order valence-electron chi connectivity index (χ0n) is 10.6. The number of Topliss-reactive ketones (excluding diaryl/α,β-unsaturated/α-hetero) is 1. The van der Waals surface area contributed by atoms with Gasteiger partial charge < -0.3 is 5.11 Å². The Bertz CT molecular complexity index is 484. The number of benzene rings is 1. The summed E-state index contributed by atoms with van der Waals surface area (Å²) in [6, 6.07) is 7.36. The summed E-state index contributed by atoms with van der Waals surface area (Å²) in [6.45, 7) is 0. The number of carbonyl (C=O) groups excluding carboxylic acids is 1. The lowest BCUT2D eigenvalue weighted by Crippen LogP contribution is -2.24. The third-order valence-corrected chi connectivity index (χ3v) is 4.25.